The number of anilines is 3. The lowest BCUT2D eigenvalue weighted by Gasteiger charge is -2.30. The normalized spacial score (nSPS) is 15.2. The molecule has 0 saturated heterocycles. The largest absolute Gasteiger partial charge is 0.456 e. The fourth-order valence-electron chi connectivity index (χ4n) is 10.6. The second kappa shape index (κ2) is 11.8. The molecule has 0 amide bonds. The summed E-state index contributed by atoms with van der Waals surface area (Å²) >= 11 is 0. The van der Waals surface area contributed by atoms with Crippen LogP contribution in [-0.2, 0) is 21.7 Å². The van der Waals surface area contributed by atoms with Crippen LogP contribution in [0.1, 0.15) is 103 Å². The van der Waals surface area contributed by atoms with Crippen LogP contribution in [0.3, 0.4) is 0 Å². The highest BCUT2D eigenvalue weighted by atomic mass is 16.3. The maximum Gasteiger partial charge on any atom is 0.139 e. The van der Waals surface area contributed by atoms with E-state index in [1.807, 2.05) is 6.07 Å². The first-order chi connectivity index (χ1) is 28.0. The quantitative estimate of drug-likeness (QED) is 0.179. The Morgan fingerprint density at radius 1 is 0.475 bits per heavy atom. The van der Waals surface area contributed by atoms with Gasteiger partial charge in [-0.3, -0.25) is 0 Å². The van der Waals surface area contributed by atoms with Crippen LogP contribution < -0.4 is 4.90 Å². The van der Waals surface area contributed by atoms with Crippen molar-refractivity contribution in [1.82, 2.24) is 0 Å². The van der Waals surface area contributed by atoms with E-state index in [1.54, 1.807) is 0 Å². The fraction of sp³-hybridized carbons (Fsp3) is 0.250. The predicted molar refractivity (Wildman–Crippen MR) is 248 cm³/mol. The van der Waals surface area contributed by atoms with Crippen molar-refractivity contribution < 1.29 is 8.83 Å². The Morgan fingerprint density at radius 3 is 1.95 bits per heavy atom. The van der Waals surface area contributed by atoms with E-state index in [0.717, 1.165) is 50.2 Å². The van der Waals surface area contributed by atoms with E-state index in [2.05, 4.69) is 195 Å². The highest BCUT2D eigenvalue weighted by Gasteiger charge is 2.42. The van der Waals surface area contributed by atoms with E-state index in [9.17, 15) is 0 Å². The Morgan fingerprint density at radius 2 is 1.15 bits per heavy atom. The zero-order chi connectivity index (χ0) is 41.0. The van der Waals surface area contributed by atoms with Gasteiger partial charge in [0.2, 0.25) is 0 Å². The van der Waals surface area contributed by atoms with Gasteiger partial charge in [-0.2, -0.15) is 0 Å². The van der Waals surface area contributed by atoms with Gasteiger partial charge >= 0.3 is 0 Å². The van der Waals surface area contributed by atoms with E-state index >= 15 is 0 Å². The number of hydrogen-bond donors (Lipinski definition) is 0. The summed E-state index contributed by atoms with van der Waals surface area (Å²) in [5.74, 6) is 0. The Kier molecular flexibility index (Phi) is 7.20. The van der Waals surface area contributed by atoms with Crippen LogP contribution >= 0.6 is 0 Å². The van der Waals surface area contributed by atoms with E-state index in [0.29, 0.717) is 0 Å². The van der Waals surface area contributed by atoms with Crippen molar-refractivity contribution in [3.8, 4) is 22.3 Å². The van der Waals surface area contributed by atoms with Crippen molar-refractivity contribution in [2.75, 3.05) is 4.90 Å². The van der Waals surface area contributed by atoms with Gasteiger partial charge in [-0.15, -0.1) is 0 Å². The summed E-state index contributed by atoms with van der Waals surface area (Å²) in [5.41, 5.74) is 19.6. The van der Waals surface area contributed by atoms with E-state index in [1.165, 1.54) is 66.4 Å². The van der Waals surface area contributed by atoms with Gasteiger partial charge in [0, 0.05) is 60.9 Å². The Labute approximate surface area is 347 Å². The molecule has 2 aromatic heterocycles. The summed E-state index contributed by atoms with van der Waals surface area (Å²) in [5, 5.41) is 4.70. The fourth-order valence-corrected chi connectivity index (χ4v) is 10.6. The SMILES string of the molecule is CC(C)(C)c1cc(C(C)(C)C)c2oc3ccc4c(c3c2c1)C(C)(C)c1cccc(N(c2ccc3c(c2)C(C)(C)c2ccccc2-3)c2ccc3c(c2)oc2ccccc23)c1-4. The third kappa shape index (κ3) is 5.00. The molecule has 0 atom stereocenters. The second-order valence-electron chi connectivity index (χ2n) is 20.2. The zero-order valence-corrected chi connectivity index (χ0v) is 35.9. The van der Waals surface area contributed by atoms with Crippen LogP contribution in [0.2, 0.25) is 0 Å². The average Bonchev–Trinajstić information content (AvgIpc) is 3.89. The van der Waals surface area contributed by atoms with Crippen LogP contribution in [0.4, 0.5) is 17.1 Å². The van der Waals surface area contributed by atoms with E-state index < -0.39 is 0 Å². The molecule has 0 aliphatic heterocycles. The molecule has 2 aliphatic rings. The van der Waals surface area contributed by atoms with Crippen molar-refractivity contribution in [3.05, 3.63) is 161 Å². The minimum absolute atomic E-state index is 0.0192. The molecule has 0 unspecified atom stereocenters. The van der Waals surface area contributed by atoms with Crippen molar-refractivity contribution in [2.24, 2.45) is 0 Å². The van der Waals surface area contributed by atoms with Crippen LogP contribution in [0.15, 0.2) is 136 Å². The lowest BCUT2D eigenvalue weighted by Crippen LogP contribution is -2.18. The minimum Gasteiger partial charge on any atom is -0.456 e. The van der Waals surface area contributed by atoms with Gasteiger partial charge in [0.15, 0.2) is 0 Å². The van der Waals surface area contributed by atoms with E-state index in [4.69, 9.17) is 8.83 Å². The maximum atomic E-state index is 6.95. The number of nitrogens with zero attached hydrogens (tertiary/aromatic N) is 1. The molecule has 0 fully saturated rings. The summed E-state index contributed by atoms with van der Waals surface area (Å²) in [4.78, 5) is 2.48. The molecule has 11 rings (SSSR count). The molecule has 0 bridgehead atoms. The van der Waals surface area contributed by atoms with Gasteiger partial charge in [-0.1, -0.05) is 142 Å². The Balaban J connectivity index is 1.19. The van der Waals surface area contributed by atoms with Crippen molar-refractivity contribution in [3.63, 3.8) is 0 Å². The number of benzene rings is 7. The third-order valence-electron chi connectivity index (χ3n) is 13.7. The summed E-state index contributed by atoms with van der Waals surface area (Å²) in [6.07, 6.45) is 0. The van der Waals surface area contributed by atoms with Crippen molar-refractivity contribution in [2.45, 2.75) is 90.9 Å². The van der Waals surface area contributed by atoms with Gasteiger partial charge in [0.1, 0.15) is 22.3 Å². The molecular weight excluding hydrogens is 719 g/mol. The van der Waals surface area contributed by atoms with Gasteiger partial charge in [-0.05, 0) is 104 Å². The first-order valence-corrected chi connectivity index (χ1v) is 21.2. The third-order valence-corrected chi connectivity index (χ3v) is 13.7. The molecule has 7 aromatic carbocycles. The van der Waals surface area contributed by atoms with Crippen LogP contribution in [0.25, 0.3) is 66.1 Å². The Hall–Kier alpha value is -6.06. The van der Waals surface area contributed by atoms with Gasteiger partial charge in [0.25, 0.3) is 0 Å². The summed E-state index contributed by atoms with van der Waals surface area (Å²) in [6, 6.07) is 47.3. The molecule has 292 valence electrons. The van der Waals surface area contributed by atoms with E-state index in [-0.39, 0.29) is 21.7 Å². The molecule has 2 heterocycles. The average molecular weight is 770 g/mol. The number of furan rings is 2. The number of fused-ring (bicyclic) bond motifs is 13. The molecule has 0 radical (unpaired) electrons. The predicted octanol–water partition coefficient (Wildman–Crippen LogP) is 16.2. The van der Waals surface area contributed by atoms with Gasteiger partial charge in [-0.25, -0.2) is 0 Å². The lowest BCUT2D eigenvalue weighted by molar-refractivity contribution is 0.559. The monoisotopic (exact) mass is 769 g/mol. The number of para-hydroxylation sites is 1. The van der Waals surface area contributed by atoms with Crippen molar-refractivity contribution >= 4 is 60.9 Å². The van der Waals surface area contributed by atoms with Crippen LogP contribution in [0.5, 0.6) is 0 Å². The zero-order valence-electron chi connectivity index (χ0n) is 35.9. The molecule has 9 aromatic rings. The van der Waals surface area contributed by atoms with Crippen molar-refractivity contribution in [1.29, 1.82) is 0 Å². The first kappa shape index (κ1) is 36.1. The summed E-state index contributed by atoms with van der Waals surface area (Å²) < 4.78 is 13.5. The molecular formula is C56H51NO2. The molecule has 0 N–H and O–H groups in total. The highest BCUT2D eigenvalue weighted by molar-refractivity contribution is 6.13. The van der Waals surface area contributed by atoms with Crippen LogP contribution in [-0.4, -0.2) is 0 Å². The molecule has 3 heteroatoms. The summed E-state index contributed by atoms with van der Waals surface area (Å²) in [6.45, 7) is 23.4. The maximum absolute atomic E-state index is 6.95. The molecule has 3 nitrogen and oxygen atoms in total. The molecule has 2 aliphatic carbocycles. The molecule has 59 heavy (non-hydrogen) atoms. The minimum atomic E-state index is -0.299. The highest BCUT2D eigenvalue weighted by Crippen LogP contribution is 2.58. The Bertz CT molecular complexity index is 3240. The molecule has 0 spiro atoms. The van der Waals surface area contributed by atoms with Gasteiger partial charge in [0.05, 0.1) is 5.69 Å². The first-order valence-electron chi connectivity index (χ1n) is 21.2. The smallest absolute Gasteiger partial charge is 0.139 e. The topological polar surface area (TPSA) is 29.5 Å². The second-order valence-corrected chi connectivity index (χ2v) is 20.2. The summed E-state index contributed by atoms with van der Waals surface area (Å²) in [7, 11) is 0. The molecule has 0 saturated carbocycles. The van der Waals surface area contributed by atoms with Gasteiger partial charge < -0.3 is 13.7 Å². The standard InChI is InChI=1S/C56H51NO2/c1-53(2,3)32-28-40-50-47(59-52(40)44(29-32)54(4,5)6)27-26-39-49-42(56(9,10)51(39)50)19-15-20-45(49)57(34-23-25-38-37-17-12-14-21-46(37)58-48(38)31-34)33-22-24-36-35-16-11-13-18-41(35)55(7,8)43(36)30-33/h11-31H,1-10H3. The number of hydrogen-bond acceptors (Lipinski definition) is 3. The van der Waals surface area contributed by atoms with Crippen LogP contribution in [0, 0.1) is 0 Å². The lowest BCUT2D eigenvalue weighted by atomic mass is 9.77. The number of rotatable bonds is 3.